The standard InChI is InChI=1S/C8H9Br3N2O/c1-2-3-4-14-5-13-7(10)6(9)12-8(13)11/h2-3H,4-5H2,1H3. The lowest BCUT2D eigenvalue weighted by Crippen LogP contribution is -2.03. The summed E-state index contributed by atoms with van der Waals surface area (Å²) in [4.78, 5) is 4.16. The van der Waals surface area contributed by atoms with E-state index >= 15 is 0 Å². The summed E-state index contributed by atoms with van der Waals surface area (Å²) in [6, 6.07) is 0. The number of halogens is 3. The van der Waals surface area contributed by atoms with Gasteiger partial charge in [-0.1, -0.05) is 12.2 Å². The predicted octanol–water partition coefficient (Wildman–Crippen LogP) is 3.72. The number of allylic oxidation sites excluding steroid dienone is 1. The van der Waals surface area contributed by atoms with E-state index < -0.39 is 0 Å². The molecule has 1 aromatic heterocycles. The maximum Gasteiger partial charge on any atom is 0.181 e. The van der Waals surface area contributed by atoms with Crippen LogP contribution in [0.3, 0.4) is 0 Å². The van der Waals surface area contributed by atoms with Gasteiger partial charge in [-0.15, -0.1) is 0 Å². The van der Waals surface area contributed by atoms with Crippen molar-refractivity contribution in [3.8, 4) is 0 Å². The predicted molar refractivity (Wildman–Crippen MR) is 66.1 cm³/mol. The van der Waals surface area contributed by atoms with Crippen molar-refractivity contribution in [1.29, 1.82) is 0 Å². The van der Waals surface area contributed by atoms with Gasteiger partial charge in [-0.05, 0) is 54.7 Å². The van der Waals surface area contributed by atoms with Gasteiger partial charge >= 0.3 is 0 Å². The fourth-order valence-electron chi connectivity index (χ4n) is 0.798. The van der Waals surface area contributed by atoms with Crippen molar-refractivity contribution < 1.29 is 4.74 Å². The molecule has 0 atom stereocenters. The third kappa shape index (κ3) is 3.18. The molecule has 0 bridgehead atoms. The van der Waals surface area contributed by atoms with E-state index in [2.05, 4.69) is 52.8 Å². The van der Waals surface area contributed by atoms with Gasteiger partial charge in [0.1, 0.15) is 15.9 Å². The fourth-order valence-corrected chi connectivity index (χ4v) is 2.47. The van der Waals surface area contributed by atoms with Crippen molar-refractivity contribution >= 4 is 47.8 Å². The molecule has 0 fully saturated rings. The van der Waals surface area contributed by atoms with Gasteiger partial charge in [-0.25, -0.2) is 4.98 Å². The molecule has 0 N–H and O–H groups in total. The molecule has 1 rings (SSSR count). The molecule has 0 aliphatic heterocycles. The molecule has 0 aromatic carbocycles. The largest absolute Gasteiger partial charge is 0.357 e. The van der Waals surface area contributed by atoms with E-state index in [1.807, 2.05) is 23.6 Å². The Bertz CT molecular complexity index is 336. The van der Waals surface area contributed by atoms with Crippen LogP contribution in [0.15, 0.2) is 26.1 Å². The molecule has 0 radical (unpaired) electrons. The normalized spacial score (nSPS) is 11.4. The molecule has 78 valence electrons. The minimum absolute atomic E-state index is 0.462. The first kappa shape index (κ1) is 12.4. The van der Waals surface area contributed by atoms with Gasteiger partial charge in [0.25, 0.3) is 0 Å². The summed E-state index contributed by atoms with van der Waals surface area (Å²) in [5, 5.41) is 0. The van der Waals surface area contributed by atoms with Crippen LogP contribution in [-0.4, -0.2) is 16.2 Å². The molecule has 3 nitrogen and oxygen atoms in total. The monoisotopic (exact) mass is 386 g/mol. The average molecular weight is 389 g/mol. The van der Waals surface area contributed by atoms with Crippen LogP contribution in [0.4, 0.5) is 0 Å². The lowest BCUT2D eigenvalue weighted by Gasteiger charge is -2.05. The van der Waals surface area contributed by atoms with Crippen molar-refractivity contribution in [1.82, 2.24) is 9.55 Å². The Morgan fingerprint density at radius 1 is 1.43 bits per heavy atom. The van der Waals surface area contributed by atoms with Crippen molar-refractivity contribution in [2.75, 3.05) is 6.61 Å². The van der Waals surface area contributed by atoms with Crippen LogP contribution in [0.1, 0.15) is 6.92 Å². The summed E-state index contributed by atoms with van der Waals surface area (Å²) >= 11 is 10.0. The highest BCUT2D eigenvalue weighted by Crippen LogP contribution is 2.26. The van der Waals surface area contributed by atoms with Gasteiger partial charge in [0, 0.05) is 0 Å². The maximum atomic E-state index is 5.39. The van der Waals surface area contributed by atoms with Gasteiger partial charge < -0.3 is 4.74 Å². The molecule has 6 heteroatoms. The van der Waals surface area contributed by atoms with E-state index in [1.54, 1.807) is 0 Å². The molecule has 0 saturated heterocycles. The van der Waals surface area contributed by atoms with Crippen molar-refractivity contribution in [2.45, 2.75) is 13.7 Å². The summed E-state index contributed by atoms with van der Waals surface area (Å²) in [7, 11) is 0. The van der Waals surface area contributed by atoms with E-state index in [1.165, 1.54) is 0 Å². The number of aromatic nitrogens is 2. The number of nitrogens with zero attached hydrogens (tertiary/aromatic N) is 2. The van der Waals surface area contributed by atoms with E-state index in [9.17, 15) is 0 Å². The number of imidazole rings is 1. The summed E-state index contributed by atoms with van der Waals surface area (Å²) in [5.41, 5.74) is 0. The van der Waals surface area contributed by atoms with Crippen molar-refractivity contribution in [3.05, 3.63) is 26.1 Å². The quantitative estimate of drug-likeness (QED) is 0.580. The van der Waals surface area contributed by atoms with E-state index in [4.69, 9.17) is 4.74 Å². The van der Waals surface area contributed by atoms with Crippen LogP contribution in [0.5, 0.6) is 0 Å². The SMILES string of the molecule is CC=CCOCn1c(Br)nc(Br)c1Br. The van der Waals surface area contributed by atoms with Crippen LogP contribution >= 0.6 is 47.8 Å². The highest BCUT2D eigenvalue weighted by atomic mass is 79.9. The van der Waals surface area contributed by atoms with Gasteiger partial charge in [0.2, 0.25) is 0 Å². The van der Waals surface area contributed by atoms with Crippen LogP contribution in [0.2, 0.25) is 0 Å². The lowest BCUT2D eigenvalue weighted by molar-refractivity contribution is 0.0969. The average Bonchev–Trinajstić information content (AvgIpc) is 2.38. The second kappa shape index (κ2) is 6.05. The van der Waals surface area contributed by atoms with Crippen LogP contribution in [-0.2, 0) is 11.5 Å². The van der Waals surface area contributed by atoms with E-state index in [0.717, 1.165) is 13.9 Å². The van der Waals surface area contributed by atoms with Gasteiger partial charge in [0.05, 0.1) is 6.61 Å². The number of hydrogen-bond acceptors (Lipinski definition) is 2. The first-order valence-corrected chi connectivity index (χ1v) is 6.30. The maximum absolute atomic E-state index is 5.39. The molecule has 0 unspecified atom stereocenters. The van der Waals surface area contributed by atoms with Crippen molar-refractivity contribution in [2.24, 2.45) is 0 Å². The Morgan fingerprint density at radius 3 is 2.64 bits per heavy atom. The second-order valence-corrected chi connectivity index (χ2v) is 4.67. The van der Waals surface area contributed by atoms with Crippen LogP contribution in [0, 0.1) is 0 Å². The van der Waals surface area contributed by atoms with E-state index in [0.29, 0.717) is 13.3 Å². The topological polar surface area (TPSA) is 27.1 Å². The molecule has 0 saturated carbocycles. The summed E-state index contributed by atoms with van der Waals surface area (Å²) in [6.45, 7) is 3.03. The molecule has 0 aliphatic rings. The zero-order valence-electron chi connectivity index (χ0n) is 7.51. The molecule has 14 heavy (non-hydrogen) atoms. The molecule has 1 aromatic rings. The molecule has 0 amide bonds. The third-order valence-electron chi connectivity index (χ3n) is 1.49. The summed E-state index contributed by atoms with van der Waals surface area (Å²) in [6.07, 6.45) is 3.90. The second-order valence-electron chi connectivity index (χ2n) is 2.46. The first-order chi connectivity index (χ1) is 6.66. The minimum Gasteiger partial charge on any atom is -0.357 e. The summed E-state index contributed by atoms with van der Waals surface area (Å²) in [5.74, 6) is 0. The van der Waals surface area contributed by atoms with Gasteiger partial charge in [-0.3, -0.25) is 4.57 Å². The third-order valence-corrected chi connectivity index (χ3v) is 3.98. The molecule has 0 aliphatic carbocycles. The Balaban J connectivity index is 2.58. The van der Waals surface area contributed by atoms with Crippen LogP contribution in [0.25, 0.3) is 0 Å². The minimum atomic E-state index is 0.462. The zero-order chi connectivity index (χ0) is 10.6. The Kier molecular flexibility index (Phi) is 5.36. The molecule has 0 spiro atoms. The highest BCUT2D eigenvalue weighted by molar-refractivity contribution is 9.13. The lowest BCUT2D eigenvalue weighted by atomic mass is 10.6. The Morgan fingerprint density at radius 2 is 2.14 bits per heavy atom. The summed E-state index contributed by atoms with van der Waals surface area (Å²) < 4.78 is 9.62. The molecular formula is C8H9Br3N2O. The number of ether oxygens (including phenoxy) is 1. The van der Waals surface area contributed by atoms with E-state index in [-0.39, 0.29) is 0 Å². The van der Waals surface area contributed by atoms with Gasteiger partial charge in [0.15, 0.2) is 4.73 Å². The number of rotatable bonds is 4. The molecule has 1 heterocycles. The first-order valence-electron chi connectivity index (χ1n) is 3.92. The zero-order valence-corrected chi connectivity index (χ0v) is 12.3. The molecular weight excluding hydrogens is 380 g/mol. The van der Waals surface area contributed by atoms with Gasteiger partial charge in [-0.2, -0.15) is 0 Å². The highest BCUT2D eigenvalue weighted by Gasteiger charge is 2.10. The Hall–Kier alpha value is 0.350. The van der Waals surface area contributed by atoms with Crippen molar-refractivity contribution in [3.63, 3.8) is 0 Å². The fraction of sp³-hybridized carbons (Fsp3) is 0.375. The Labute approximate surface area is 108 Å². The smallest absolute Gasteiger partial charge is 0.181 e. The van der Waals surface area contributed by atoms with Crippen LogP contribution < -0.4 is 0 Å². The number of hydrogen-bond donors (Lipinski definition) is 0.